The van der Waals surface area contributed by atoms with E-state index < -0.39 is 0 Å². The maximum absolute atomic E-state index is 11.5. The fourth-order valence-electron chi connectivity index (χ4n) is 1.71. The first-order chi connectivity index (χ1) is 7.76. The number of H-pyrrole nitrogens is 1. The molecule has 0 saturated carbocycles. The van der Waals surface area contributed by atoms with Gasteiger partial charge >= 0.3 is 5.97 Å². The van der Waals surface area contributed by atoms with Gasteiger partial charge in [0.2, 0.25) is 0 Å². The standard InChI is InChI=1S/C12H14N2O2/c1-3-5-10-13-9-7-4-6-8(11(9)14-10)12(15)16-2/h4,6-7H,3,5H2,1-2H3,(H,13,14). The van der Waals surface area contributed by atoms with Crippen LogP contribution in [0, 0.1) is 0 Å². The van der Waals surface area contributed by atoms with Crippen LogP contribution in [0.5, 0.6) is 0 Å². The molecule has 0 aliphatic rings. The number of carbonyl (C=O) groups excluding carboxylic acids is 1. The van der Waals surface area contributed by atoms with Crippen LogP contribution in [0.1, 0.15) is 29.5 Å². The molecule has 0 fully saturated rings. The van der Waals surface area contributed by atoms with E-state index in [1.807, 2.05) is 12.1 Å². The highest BCUT2D eigenvalue weighted by molar-refractivity contribution is 6.01. The van der Waals surface area contributed by atoms with Gasteiger partial charge in [-0.25, -0.2) is 9.78 Å². The molecular formula is C12H14N2O2. The molecule has 84 valence electrons. The third kappa shape index (κ3) is 1.78. The van der Waals surface area contributed by atoms with Gasteiger partial charge in [0.1, 0.15) is 11.3 Å². The first-order valence-corrected chi connectivity index (χ1v) is 5.32. The van der Waals surface area contributed by atoms with E-state index in [9.17, 15) is 4.79 Å². The number of hydrogen-bond acceptors (Lipinski definition) is 3. The first-order valence-electron chi connectivity index (χ1n) is 5.32. The van der Waals surface area contributed by atoms with Crippen molar-refractivity contribution in [3.63, 3.8) is 0 Å². The number of benzene rings is 1. The highest BCUT2D eigenvalue weighted by atomic mass is 16.5. The summed E-state index contributed by atoms with van der Waals surface area (Å²) in [7, 11) is 1.38. The smallest absolute Gasteiger partial charge is 0.340 e. The van der Waals surface area contributed by atoms with Crippen LogP contribution >= 0.6 is 0 Å². The highest BCUT2D eigenvalue weighted by Crippen LogP contribution is 2.17. The molecule has 0 atom stereocenters. The molecule has 1 heterocycles. The van der Waals surface area contributed by atoms with Crippen molar-refractivity contribution in [2.75, 3.05) is 7.11 Å². The number of ether oxygens (including phenoxy) is 1. The van der Waals surface area contributed by atoms with Crippen molar-refractivity contribution in [3.8, 4) is 0 Å². The molecule has 1 aromatic heterocycles. The van der Waals surface area contributed by atoms with Crippen molar-refractivity contribution in [3.05, 3.63) is 29.6 Å². The minimum Gasteiger partial charge on any atom is -0.465 e. The number of hydrogen-bond donors (Lipinski definition) is 1. The van der Waals surface area contributed by atoms with Gasteiger partial charge in [0.25, 0.3) is 0 Å². The van der Waals surface area contributed by atoms with Gasteiger partial charge in [-0.1, -0.05) is 13.0 Å². The number of esters is 1. The van der Waals surface area contributed by atoms with Crippen molar-refractivity contribution in [2.45, 2.75) is 19.8 Å². The van der Waals surface area contributed by atoms with Crippen LogP contribution in [0.25, 0.3) is 11.0 Å². The molecule has 16 heavy (non-hydrogen) atoms. The zero-order chi connectivity index (χ0) is 11.5. The molecule has 4 heteroatoms. The Hall–Kier alpha value is -1.84. The number of aromatic nitrogens is 2. The van der Waals surface area contributed by atoms with Crippen molar-refractivity contribution >= 4 is 17.0 Å². The number of fused-ring (bicyclic) bond motifs is 1. The summed E-state index contributed by atoms with van der Waals surface area (Å²) in [5, 5.41) is 0. The Labute approximate surface area is 93.6 Å². The maximum atomic E-state index is 11.5. The van der Waals surface area contributed by atoms with E-state index in [2.05, 4.69) is 16.9 Å². The Bertz CT molecular complexity index is 517. The number of para-hydroxylation sites is 1. The first kappa shape index (κ1) is 10.7. The lowest BCUT2D eigenvalue weighted by Crippen LogP contribution is -2.01. The third-order valence-electron chi connectivity index (χ3n) is 2.45. The lowest BCUT2D eigenvalue weighted by molar-refractivity contribution is 0.0603. The summed E-state index contributed by atoms with van der Waals surface area (Å²) in [6, 6.07) is 5.46. The molecule has 0 radical (unpaired) electrons. The predicted octanol–water partition coefficient (Wildman–Crippen LogP) is 2.30. The number of nitrogens with zero attached hydrogens (tertiary/aromatic N) is 1. The number of rotatable bonds is 3. The van der Waals surface area contributed by atoms with Gasteiger partial charge in [-0.3, -0.25) is 0 Å². The van der Waals surface area contributed by atoms with Gasteiger partial charge in [-0.15, -0.1) is 0 Å². The minimum atomic E-state index is -0.347. The van der Waals surface area contributed by atoms with Gasteiger partial charge in [0.15, 0.2) is 0 Å². The van der Waals surface area contributed by atoms with Crippen molar-refractivity contribution in [1.29, 1.82) is 0 Å². The van der Waals surface area contributed by atoms with E-state index in [1.165, 1.54) is 7.11 Å². The van der Waals surface area contributed by atoms with E-state index in [0.29, 0.717) is 11.1 Å². The molecule has 2 aromatic rings. The normalized spacial score (nSPS) is 10.6. The van der Waals surface area contributed by atoms with Crippen LogP contribution in [-0.2, 0) is 11.2 Å². The summed E-state index contributed by atoms with van der Waals surface area (Å²) < 4.78 is 4.72. The van der Waals surface area contributed by atoms with E-state index in [1.54, 1.807) is 6.07 Å². The largest absolute Gasteiger partial charge is 0.465 e. The number of imidazole rings is 1. The quantitative estimate of drug-likeness (QED) is 0.804. The Morgan fingerprint density at radius 1 is 1.50 bits per heavy atom. The maximum Gasteiger partial charge on any atom is 0.340 e. The Kier molecular flexibility index (Phi) is 2.90. The number of methoxy groups -OCH3 is 1. The van der Waals surface area contributed by atoms with E-state index >= 15 is 0 Å². The zero-order valence-corrected chi connectivity index (χ0v) is 9.41. The lowest BCUT2D eigenvalue weighted by atomic mass is 10.2. The summed E-state index contributed by atoms with van der Waals surface area (Å²) >= 11 is 0. The summed E-state index contributed by atoms with van der Waals surface area (Å²) in [6.07, 6.45) is 1.91. The average Bonchev–Trinajstić information content (AvgIpc) is 2.70. The van der Waals surface area contributed by atoms with Gasteiger partial charge in [-0.2, -0.15) is 0 Å². The van der Waals surface area contributed by atoms with E-state index in [-0.39, 0.29) is 5.97 Å². The highest BCUT2D eigenvalue weighted by Gasteiger charge is 2.13. The van der Waals surface area contributed by atoms with Crippen molar-refractivity contribution in [2.24, 2.45) is 0 Å². The second kappa shape index (κ2) is 4.35. The third-order valence-corrected chi connectivity index (χ3v) is 2.45. The summed E-state index contributed by atoms with van der Waals surface area (Å²) in [4.78, 5) is 19.1. The number of aromatic amines is 1. The van der Waals surface area contributed by atoms with Crippen molar-refractivity contribution in [1.82, 2.24) is 9.97 Å². The zero-order valence-electron chi connectivity index (χ0n) is 9.41. The minimum absolute atomic E-state index is 0.347. The van der Waals surface area contributed by atoms with Crippen LogP contribution in [0.4, 0.5) is 0 Å². The van der Waals surface area contributed by atoms with Crippen LogP contribution in [0.15, 0.2) is 18.2 Å². The molecule has 0 aliphatic carbocycles. The molecule has 1 aromatic carbocycles. The van der Waals surface area contributed by atoms with E-state index in [0.717, 1.165) is 24.2 Å². The van der Waals surface area contributed by atoms with Gasteiger partial charge in [0.05, 0.1) is 18.2 Å². The molecule has 2 rings (SSSR count). The SMILES string of the molecule is CCCc1nc2c(C(=O)OC)cccc2[nH]1. The number of aryl methyl sites for hydroxylation is 1. The fraction of sp³-hybridized carbons (Fsp3) is 0.333. The van der Waals surface area contributed by atoms with Crippen LogP contribution in [-0.4, -0.2) is 23.0 Å². The van der Waals surface area contributed by atoms with Gasteiger partial charge in [0, 0.05) is 6.42 Å². The average molecular weight is 218 g/mol. The molecule has 0 saturated heterocycles. The predicted molar refractivity (Wildman–Crippen MR) is 61.4 cm³/mol. The van der Waals surface area contributed by atoms with Gasteiger partial charge in [-0.05, 0) is 18.6 Å². The van der Waals surface area contributed by atoms with Crippen molar-refractivity contribution < 1.29 is 9.53 Å². The van der Waals surface area contributed by atoms with Crippen LogP contribution in [0.3, 0.4) is 0 Å². The Morgan fingerprint density at radius 3 is 3.00 bits per heavy atom. The van der Waals surface area contributed by atoms with E-state index in [4.69, 9.17) is 4.74 Å². The number of nitrogens with one attached hydrogen (secondary N) is 1. The molecular weight excluding hydrogens is 204 g/mol. The molecule has 0 unspecified atom stereocenters. The second-order valence-corrected chi connectivity index (χ2v) is 3.63. The molecule has 0 amide bonds. The molecule has 0 spiro atoms. The van der Waals surface area contributed by atoms with Gasteiger partial charge < -0.3 is 9.72 Å². The Morgan fingerprint density at radius 2 is 2.31 bits per heavy atom. The topological polar surface area (TPSA) is 55.0 Å². The molecule has 0 bridgehead atoms. The Balaban J connectivity index is 2.54. The summed E-state index contributed by atoms with van der Waals surface area (Å²) in [5.74, 6) is 0.564. The lowest BCUT2D eigenvalue weighted by Gasteiger charge is -1.98. The summed E-state index contributed by atoms with van der Waals surface area (Å²) in [6.45, 7) is 2.09. The summed E-state index contributed by atoms with van der Waals surface area (Å²) in [5.41, 5.74) is 2.09. The van der Waals surface area contributed by atoms with Crippen LogP contribution in [0.2, 0.25) is 0 Å². The monoisotopic (exact) mass is 218 g/mol. The van der Waals surface area contributed by atoms with Crippen LogP contribution < -0.4 is 0 Å². The fourth-order valence-corrected chi connectivity index (χ4v) is 1.71. The molecule has 1 N–H and O–H groups in total. The second-order valence-electron chi connectivity index (χ2n) is 3.63. The number of carbonyl (C=O) groups is 1. The molecule has 0 aliphatic heterocycles. The molecule has 4 nitrogen and oxygen atoms in total.